The highest BCUT2D eigenvalue weighted by molar-refractivity contribution is 9.10. The number of halogens is 1. The van der Waals surface area contributed by atoms with Crippen LogP contribution in [0.1, 0.15) is 11.1 Å². The van der Waals surface area contributed by atoms with Crippen molar-refractivity contribution in [3.05, 3.63) is 64.1 Å². The molecule has 1 N–H and O–H groups in total. The Bertz CT molecular complexity index is 821. The first kappa shape index (κ1) is 18.5. The first-order valence-corrected chi connectivity index (χ1v) is 10.4. The van der Waals surface area contributed by atoms with Gasteiger partial charge in [0.1, 0.15) is 0 Å². The minimum Gasteiger partial charge on any atom is -0.379 e. The molecule has 5 nitrogen and oxygen atoms in total. The van der Waals surface area contributed by atoms with Crippen molar-refractivity contribution < 1.29 is 13.2 Å². The lowest BCUT2D eigenvalue weighted by Crippen LogP contribution is -2.36. The van der Waals surface area contributed by atoms with Crippen molar-refractivity contribution in [2.24, 2.45) is 0 Å². The van der Waals surface area contributed by atoms with E-state index in [1.54, 1.807) is 24.3 Å². The lowest BCUT2D eigenvalue weighted by atomic mass is 10.1. The Hall–Kier alpha value is -1.25. The maximum atomic E-state index is 12.6. The average Bonchev–Trinajstić information content (AvgIpc) is 2.62. The molecule has 0 aliphatic carbocycles. The van der Waals surface area contributed by atoms with Crippen LogP contribution in [0.3, 0.4) is 0 Å². The van der Waals surface area contributed by atoms with Crippen LogP contribution >= 0.6 is 15.9 Å². The van der Waals surface area contributed by atoms with Crippen molar-refractivity contribution >= 4 is 26.0 Å². The summed E-state index contributed by atoms with van der Waals surface area (Å²) >= 11 is 3.30. The third-order valence-corrected chi connectivity index (χ3v) is 6.61. The van der Waals surface area contributed by atoms with Gasteiger partial charge >= 0.3 is 0 Å². The van der Waals surface area contributed by atoms with E-state index >= 15 is 0 Å². The molecule has 2 aromatic rings. The van der Waals surface area contributed by atoms with E-state index in [-0.39, 0.29) is 11.4 Å². The Balaban J connectivity index is 1.72. The Labute approximate surface area is 157 Å². The minimum absolute atomic E-state index is 0.251. The average molecular weight is 425 g/mol. The molecule has 1 fully saturated rings. The zero-order valence-electron chi connectivity index (χ0n) is 13.8. The van der Waals surface area contributed by atoms with Gasteiger partial charge in [-0.2, -0.15) is 0 Å². The largest absolute Gasteiger partial charge is 0.379 e. The second-order valence-corrected chi connectivity index (χ2v) is 8.50. The van der Waals surface area contributed by atoms with Crippen LogP contribution in [-0.2, 0) is 27.8 Å². The zero-order chi connectivity index (χ0) is 17.7. The quantitative estimate of drug-likeness (QED) is 0.774. The second-order valence-electron chi connectivity index (χ2n) is 5.91. The highest BCUT2D eigenvalue weighted by Crippen LogP contribution is 2.21. The predicted octanol–water partition coefficient (Wildman–Crippen LogP) is 2.76. The van der Waals surface area contributed by atoms with E-state index in [9.17, 15) is 8.42 Å². The SMILES string of the molecule is O=S(=O)(NCc1ccccc1CN1CCOCC1)c1ccccc1Br. The molecule has 1 saturated heterocycles. The van der Waals surface area contributed by atoms with E-state index in [1.807, 2.05) is 18.2 Å². The van der Waals surface area contributed by atoms with Gasteiger partial charge in [-0.15, -0.1) is 0 Å². The number of benzene rings is 2. The molecule has 1 aliphatic heterocycles. The van der Waals surface area contributed by atoms with Crippen LogP contribution in [0.2, 0.25) is 0 Å². The molecule has 0 saturated carbocycles. The van der Waals surface area contributed by atoms with Crippen molar-refractivity contribution in [1.29, 1.82) is 0 Å². The van der Waals surface area contributed by atoms with E-state index in [1.165, 1.54) is 0 Å². The van der Waals surface area contributed by atoms with E-state index in [2.05, 4.69) is 31.6 Å². The Kier molecular flexibility index (Phi) is 6.24. The van der Waals surface area contributed by atoms with Gasteiger partial charge in [-0.3, -0.25) is 4.90 Å². The first-order valence-electron chi connectivity index (χ1n) is 8.17. The number of nitrogens with zero attached hydrogens (tertiary/aromatic N) is 1. The number of hydrogen-bond acceptors (Lipinski definition) is 4. The molecule has 0 atom stereocenters. The maximum Gasteiger partial charge on any atom is 0.241 e. The number of ether oxygens (including phenoxy) is 1. The second kappa shape index (κ2) is 8.42. The van der Waals surface area contributed by atoms with E-state index in [4.69, 9.17) is 4.74 Å². The van der Waals surface area contributed by atoms with Crippen LogP contribution < -0.4 is 4.72 Å². The fourth-order valence-corrected chi connectivity index (χ4v) is 4.81. The van der Waals surface area contributed by atoms with Crippen LogP contribution in [0.4, 0.5) is 0 Å². The summed E-state index contributed by atoms with van der Waals surface area (Å²) in [5, 5.41) is 0. The van der Waals surface area contributed by atoms with Gasteiger partial charge in [0.2, 0.25) is 10.0 Å². The molecule has 25 heavy (non-hydrogen) atoms. The molecule has 134 valence electrons. The van der Waals surface area contributed by atoms with Crippen LogP contribution in [0.15, 0.2) is 57.9 Å². The van der Waals surface area contributed by atoms with E-state index < -0.39 is 10.0 Å². The standard InChI is InChI=1S/C18H21BrN2O3S/c19-17-7-3-4-8-18(17)25(22,23)20-13-15-5-1-2-6-16(15)14-21-9-11-24-12-10-21/h1-8,20H,9-14H2. The Morgan fingerprint density at radius 3 is 2.36 bits per heavy atom. The van der Waals surface area contributed by atoms with E-state index in [0.29, 0.717) is 4.47 Å². The Morgan fingerprint density at radius 2 is 1.64 bits per heavy atom. The highest BCUT2D eigenvalue weighted by atomic mass is 79.9. The predicted molar refractivity (Wildman–Crippen MR) is 101 cm³/mol. The van der Waals surface area contributed by atoms with Gasteiger partial charge in [-0.1, -0.05) is 36.4 Å². The number of rotatable bonds is 6. The number of sulfonamides is 1. The zero-order valence-corrected chi connectivity index (χ0v) is 16.2. The van der Waals surface area contributed by atoms with E-state index in [0.717, 1.165) is 44.0 Å². The van der Waals surface area contributed by atoms with Crippen molar-refractivity contribution in [3.63, 3.8) is 0 Å². The normalized spacial score (nSPS) is 16.0. The molecule has 1 aliphatic rings. The summed E-state index contributed by atoms with van der Waals surface area (Å²) < 4.78 is 33.8. The fraction of sp³-hybridized carbons (Fsp3) is 0.333. The van der Waals surface area contributed by atoms with Crippen LogP contribution in [0.5, 0.6) is 0 Å². The number of nitrogens with one attached hydrogen (secondary N) is 1. The lowest BCUT2D eigenvalue weighted by Gasteiger charge is -2.27. The summed E-state index contributed by atoms with van der Waals surface area (Å²) in [6, 6.07) is 14.8. The molecule has 2 aromatic carbocycles. The van der Waals surface area contributed by atoms with Gasteiger partial charge in [-0.25, -0.2) is 13.1 Å². The fourth-order valence-electron chi connectivity index (χ4n) is 2.80. The van der Waals surface area contributed by atoms with Crippen molar-refractivity contribution in [2.45, 2.75) is 18.0 Å². The van der Waals surface area contributed by atoms with Crippen molar-refractivity contribution in [1.82, 2.24) is 9.62 Å². The van der Waals surface area contributed by atoms with Gasteiger partial charge in [0.05, 0.1) is 18.1 Å². The third-order valence-electron chi connectivity index (χ3n) is 4.19. The number of hydrogen-bond donors (Lipinski definition) is 1. The monoisotopic (exact) mass is 424 g/mol. The van der Waals surface area contributed by atoms with Gasteiger partial charge in [0, 0.05) is 30.7 Å². The summed E-state index contributed by atoms with van der Waals surface area (Å²) in [6.45, 7) is 4.36. The van der Waals surface area contributed by atoms with Gasteiger partial charge < -0.3 is 4.74 Å². The first-order chi connectivity index (χ1) is 12.1. The third kappa shape index (κ3) is 4.89. The minimum atomic E-state index is -3.57. The van der Waals surface area contributed by atoms with Crippen LogP contribution in [0, 0.1) is 0 Å². The summed E-state index contributed by atoms with van der Waals surface area (Å²) in [5.41, 5.74) is 2.13. The van der Waals surface area contributed by atoms with Gasteiger partial charge in [0.25, 0.3) is 0 Å². The smallest absolute Gasteiger partial charge is 0.241 e. The molecule has 7 heteroatoms. The van der Waals surface area contributed by atoms with Gasteiger partial charge in [0.15, 0.2) is 0 Å². The molecule has 0 radical (unpaired) electrons. The topological polar surface area (TPSA) is 58.6 Å². The van der Waals surface area contributed by atoms with Crippen LogP contribution in [-0.4, -0.2) is 39.6 Å². The maximum absolute atomic E-state index is 12.6. The molecule has 0 unspecified atom stereocenters. The summed E-state index contributed by atoms with van der Waals surface area (Å²) in [4.78, 5) is 2.57. The van der Waals surface area contributed by atoms with Crippen LogP contribution in [0.25, 0.3) is 0 Å². The molecule has 0 aromatic heterocycles. The highest BCUT2D eigenvalue weighted by Gasteiger charge is 2.18. The molecule has 0 spiro atoms. The molecule has 1 heterocycles. The molecular weight excluding hydrogens is 404 g/mol. The molecular formula is C18H21BrN2O3S. The number of morpholine rings is 1. The molecule has 3 rings (SSSR count). The van der Waals surface area contributed by atoms with Crippen molar-refractivity contribution in [2.75, 3.05) is 26.3 Å². The van der Waals surface area contributed by atoms with Crippen molar-refractivity contribution in [3.8, 4) is 0 Å². The Morgan fingerprint density at radius 1 is 1.00 bits per heavy atom. The summed E-state index contributed by atoms with van der Waals surface area (Å²) in [7, 11) is -3.57. The molecule has 0 bridgehead atoms. The summed E-state index contributed by atoms with van der Waals surface area (Å²) in [5.74, 6) is 0. The van der Waals surface area contributed by atoms with Gasteiger partial charge in [-0.05, 0) is 39.2 Å². The summed E-state index contributed by atoms with van der Waals surface area (Å²) in [6.07, 6.45) is 0. The molecule has 0 amide bonds. The lowest BCUT2D eigenvalue weighted by molar-refractivity contribution is 0.0341.